The van der Waals surface area contributed by atoms with Crippen LogP contribution < -0.4 is 9.47 Å². The van der Waals surface area contributed by atoms with Crippen molar-refractivity contribution in [2.45, 2.75) is 26.0 Å². The van der Waals surface area contributed by atoms with Crippen LogP contribution in [0.4, 0.5) is 0 Å². The number of hydrogen-bond donors (Lipinski definition) is 0. The first-order chi connectivity index (χ1) is 15.2. The van der Waals surface area contributed by atoms with Crippen molar-refractivity contribution in [2.24, 2.45) is 5.92 Å². The van der Waals surface area contributed by atoms with Crippen molar-refractivity contribution in [3.63, 3.8) is 0 Å². The standard InChI is InChI=1S/C25H32N2O4/c1-29-24-17-21(7-10-23(24)31-19-20-5-3-2-4-6-20)18-27(25(28)22-8-9-22)12-11-26-13-15-30-16-14-26/h2-7,10,17,22H,8-9,11-16,18-19H2,1H3. The molecule has 1 heterocycles. The van der Waals surface area contributed by atoms with Crippen LogP contribution in [0, 0.1) is 5.92 Å². The van der Waals surface area contributed by atoms with Crippen LogP contribution >= 0.6 is 0 Å². The first-order valence-electron chi connectivity index (χ1n) is 11.2. The van der Waals surface area contributed by atoms with Gasteiger partial charge in [0.1, 0.15) is 6.61 Å². The monoisotopic (exact) mass is 424 g/mol. The van der Waals surface area contributed by atoms with Gasteiger partial charge in [-0.05, 0) is 36.1 Å². The summed E-state index contributed by atoms with van der Waals surface area (Å²) >= 11 is 0. The molecule has 6 heteroatoms. The lowest BCUT2D eigenvalue weighted by Crippen LogP contribution is -2.43. The van der Waals surface area contributed by atoms with Gasteiger partial charge in [-0.2, -0.15) is 0 Å². The third-order valence-corrected chi connectivity index (χ3v) is 5.87. The van der Waals surface area contributed by atoms with E-state index in [4.69, 9.17) is 14.2 Å². The molecule has 1 saturated carbocycles. The summed E-state index contributed by atoms with van der Waals surface area (Å²) in [5, 5.41) is 0. The van der Waals surface area contributed by atoms with Gasteiger partial charge in [0.15, 0.2) is 11.5 Å². The number of ether oxygens (including phenoxy) is 3. The number of benzene rings is 2. The molecule has 0 atom stereocenters. The molecule has 4 rings (SSSR count). The first kappa shape index (κ1) is 21.7. The Morgan fingerprint density at radius 2 is 1.84 bits per heavy atom. The predicted octanol–water partition coefficient (Wildman–Crippen LogP) is 3.35. The van der Waals surface area contributed by atoms with Crippen molar-refractivity contribution in [3.05, 3.63) is 59.7 Å². The Morgan fingerprint density at radius 1 is 1.06 bits per heavy atom. The van der Waals surface area contributed by atoms with E-state index in [0.717, 1.165) is 63.4 Å². The molecule has 0 spiro atoms. The number of carbonyl (C=O) groups excluding carboxylic acids is 1. The molecule has 0 radical (unpaired) electrons. The zero-order chi connectivity index (χ0) is 21.5. The molecular weight excluding hydrogens is 392 g/mol. The van der Waals surface area contributed by atoms with E-state index in [1.807, 2.05) is 53.4 Å². The molecule has 0 N–H and O–H groups in total. The average molecular weight is 425 g/mol. The molecule has 0 bridgehead atoms. The lowest BCUT2D eigenvalue weighted by molar-refractivity contribution is -0.133. The molecule has 1 amide bonds. The molecule has 166 valence electrons. The van der Waals surface area contributed by atoms with Crippen LogP contribution in [0.1, 0.15) is 24.0 Å². The fraction of sp³-hybridized carbons (Fsp3) is 0.480. The lowest BCUT2D eigenvalue weighted by Gasteiger charge is -2.30. The molecule has 2 fully saturated rings. The van der Waals surface area contributed by atoms with E-state index in [0.29, 0.717) is 24.7 Å². The fourth-order valence-electron chi connectivity index (χ4n) is 3.83. The summed E-state index contributed by atoms with van der Waals surface area (Å²) in [6.45, 7) is 6.13. The van der Waals surface area contributed by atoms with Crippen LogP contribution in [0.5, 0.6) is 11.5 Å². The average Bonchev–Trinajstić information content (AvgIpc) is 3.67. The van der Waals surface area contributed by atoms with E-state index in [1.54, 1.807) is 7.11 Å². The molecule has 1 aliphatic carbocycles. The van der Waals surface area contributed by atoms with Crippen molar-refractivity contribution < 1.29 is 19.0 Å². The number of amides is 1. The summed E-state index contributed by atoms with van der Waals surface area (Å²) in [6, 6.07) is 16.0. The maximum atomic E-state index is 12.9. The Balaban J connectivity index is 1.40. The van der Waals surface area contributed by atoms with Crippen molar-refractivity contribution in [1.82, 2.24) is 9.80 Å². The Hall–Kier alpha value is -2.57. The Bertz CT molecular complexity index is 848. The van der Waals surface area contributed by atoms with Crippen molar-refractivity contribution in [2.75, 3.05) is 46.5 Å². The van der Waals surface area contributed by atoms with E-state index in [2.05, 4.69) is 4.90 Å². The molecule has 2 aromatic rings. The summed E-state index contributed by atoms with van der Waals surface area (Å²) in [6.07, 6.45) is 2.03. The second-order valence-electron chi connectivity index (χ2n) is 8.25. The summed E-state index contributed by atoms with van der Waals surface area (Å²) in [5.41, 5.74) is 2.16. The SMILES string of the molecule is COc1cc(CN(CCN2CCOCC2)C(=O)C2CC2)ccc1OCc1ccccc1. The molecule has 1 saturated heterocycles. The smallest absolute Gasteiger partial charge is 0.226 e. The lowest BCUT2D eigenvalue weighted by atomic mass is 10.1. The minimum Gasteiger partial charge on any atom is -0.493 e. The molecule has 6 nitrogen and oxygen atoms in total. The largest absolute Gasteiger partial charge is 0.493 e. The van der Waals surface area contributed by atoms with Gasteiger partial charge >= 0.3 is 0 Å². The zero-order valence-corrected chi connectivity index (χ0v) is 18.3. The van der Waals surface area contributed by atoms with Crippen LogP contribution in [-0.2, 0) is 22.7 Å². The summed E-state index contributed by atoms with van der Waals surface area (Å²) in [5.74, 6) is 1.89. The van der Waals surface area contributed by atoms with Gasteiger partial charge in [0.25, 0.3) is 0 Å². The van der Waals surface area contributed by atoms with Crippen LogP contribution in [0.25, 0.3) is 0 Å². The highest BCUT2D eigenvalue weighted by molar-refractivity contribution is 5.81. The molecule has 31 heavy (non-hydrogen) atoms. The Kier molecular flexibility index (Phi) is 7.43. The molecular formula is C25H32N2O4. The topological polar surface area (TPSA) is 51.2 Å². The second kappa shape index (κ2) is 10.6. The van der Waals surface area contributed by atoms with E-state index in [1.165, 1.54) is 0 Å². The van der Waals surface area contributed by atoms with Gasteiger partial charge in [-0.25, -0.2) is 0 Å². The van der Waals surface area contributed by atoms with Crippen LogP contribution in [0.15, 0.2) is 48.5 Å². The quantitative estimate of drug-likeness (QED) is 0.586. The third kappa shape index (κ3) is 6.21. The van der Waals surface area contributed by atoms with Crippen LogP contribution in [0.2, 0.25) is 0 Å². The van der Waals surface area contributed by atoms with Gasteiger partial charge in [-0.3, -0.25) is 9.69 Å². The van der Waals surface area contributed by atoms with Gasteiger partial charge in [0, 0.05) is 38.6 Å². The summed E-state index contributed by atoms with van der Waals surface area (Å²) in [4.78, 5) is 17.3. The van der Waals surface area contributed by atoms with Gasteiger partial charge < -0.3 is 19.1 Å². The van der Waals surface area contributed by atoms with Gasteiger partial charge in [-0.1, -0.05) is 36.4 Å². The van der Waals surface area contributed by atoms with Crippen LogP contribution in [0.3, 0.4) is 0 Å². The number of rotatable bonds is 10. The van der Waals surface area contributed by atoms with Gasteiger partial charge in [0.2, 0.25) is 5.91 Å². The molecule has 2 aromatic carbocycles. The highest BCUT2D eigenvalue weighted by Crippen LogP contribution is 2.33. The minimum atomic E-state index is 0.208. The zero-order valence-electron chi connectivity index (χ0n) is 18.3. The highest BCUT2D eigenvalue weighted by Gasteiger charge is 2.33. The predicted molar refractivity (Wildman–Crippen MR) is 119 cm³/mol. The van der Waals surface area contributed by atoms with E-state index in [9.17, 15) is 4.79 Å². The van der Waals surface area contributed by atoms with Crippen molar-refractivity contribution in [1.29, 1.82) is 0 Å². The molecule has 1 aliphatic heterocycles. The molecule has 0 aromatic heterocycles. The Labute approximate surface area is 184 Å². The first-order valence-corrected chi connectivity index (χ1v) is 11.2. The van der Waals surface area contributed by atoms with E-state index in [-0.39, 0.29) is 11.8 Å². The van der Waals surface area contributed by atoms with Gasteiger partial charge in [0.05, 0.1) is 20.3 Å². The Morgan fingerprint density at radius 3 is 2.55 bits per heavy atom. The maximum Gasteiger partial charge on any atom is 0.226 e. The number of carbonyl (C=O) groups is 1. The normalized spacial score (nSPS) is 16.7. The van der Waals surface area contributed by atoms with Crippen LogP contribution in [-0.4, -0.2) is 62.2 Å². The molecule has 0 unspecified atom stereocenters. The number of nitrogens with zero attached hydrogens (tertiary/aromatic N) is 2. The van der Waals surface area contributed by atoms with E-state index < -0.39 is 0 Å². The second-order valence-corrected chi connectivity index (χ2v) is 8.25. The van der Waals surface area contributed by atoms with Gasteiger partial charge in [-0.15, -0.1) is 0 Å². The molecule has 2 aliphatic rings. The van der Waals surface area contributed by atoms with Crippen molar-refractivity contribution >= 4 is 5.91 Å². The maximum absolute atomic E-state index is 12.9. The third-order valence-electron chi connectivity index (χ3n) is 5.87. The minimum absolute atomic E-state index is 0.208. The highest BCUT2D eigenvalue weighted by atomic mass is 16.5. The number of hydrogen-bond acceptors (Lipinski definition) is 5. The van der Waals surface area contributed by atoms with Crippen molar-refractivity contribution in [3.8, 4) is 11.5 Å². The summed E-state index contributed by atoms with van der Waals surface area (Å²) in [7, 11) is 1.65. The number of morpholine rings is 1. The summed E-state index contributed by atoms with van der Waals surface area (Å²) < 4.78 is 17.0. The number of methoxy groups -OCH3 is 1. The fourth-order valence-corrected chi connectivity index (χ4v) is 3.83. The van der Waals surface area contributed by atoms with E-state index >= 15 is 0 Å².